The third kappa shape index (κ3) is 3.04. The maximum atomic E-state index is 14.2. The van der Waals surface area contributed by atoms with Crippen LogP contribution in [0.5, 0.6) is 11.5 Å². The highest BCUT2D eigenvalue weighted by molar-refractivity contribution is 5.53. The molecule has 0 bridgehead atoms. The molecule has 0 N–H and O–H groups in total. The lowest BCUT2D eigenvalue weighted by atomic mass is 9.87. The van der Waals surface area contributed by atoms with Gasteiger partial charge in [-0.2, -0.15) is 14.9 Å². The van der Waals surface area contributed by atoms with E-state index in [1.165, 1.54) is 24.3 Å². The van der Waals surface area contributed by atoms with E-state index >= 15 is 0 Å². The SMILES string of the molecule is CC(C)(C)c1ccc(Oc2c(F)c(F)c(C#N)c(C#N)c2F)cc1. The molecule has 0 aliphatic carbocycles. The van der Waals surface area contributed by atoms with Gasteiger partial charge in [-0.25, -0.2) is 8.78 Å². The maximum absolute atomic E-state index is 14.2. The van der Waals surface area contributed by atoms with E-state index in [9.17, 15) is 13.2 Å². The topological polar surface area (TPSA) is 56.8 Å². The molecule has 2 aromatic carbocycles. The molecule has 2 rings (SSSR count). The van der Waals surface area contributed by atoms with Crippen LogP contribution in [-0.2, 0) is 5.41 Å². The molecule has 0 spiro atoms. The molecule has 0 aliphatic heterocycles. The number of halogens is 3. The monoisotopic (exact) mass is 330 g/mol. The lowest BCUT2D eigenvalue weighted by Gasteiger charge is -2.19. The summed E-state index contributed by atoms with van der Waals surface area (Å²) in [5, 5.41) is 17.6. The Morgan fingerprint density at radius 1 is 0.833 bits per heavy atom. The van der Waals surface area contributed by atoms with Crippen LogP contribution in [0.25, 0.3) is 0 Å². The minimum Gasteiger partial charge on any atom is -0.451 e. The summed E-state index contributed by atoms with van der Waals surface area (Å²) in [6.07, 6.45) is 0. The zero-order valence-corrected chi connectivity index (χ0v) is 13.2. The van der Waals surface area contributed by atoms with E-state index in [1.807, 2.05) is 20.8 Å². The van der Waals surface area contributed by atoms with E-state index in [0.717, 1.165) is 5.56 Å². The highest BCUT2D eigenvalue weighted by Gasteiger charge is 2.27. The van der Waals surface area contributed by atoms with Crippen LogP contribution in [0.15, 0.2) is 24.3 Å². The van der Waals surface area contributed by atoms with Crippen molar-refractivity contribution in [1.82, 2.24) is 0 Å². The Bertz CT molecular complexity index is 870. The van der Waals surface area contributed by atoms with Crippen LogP contribution in [-0.4, -0.2) is 0 Å². The first-order valence-electron chi connectivity index (χ1n) is 6.99. The average molecular weight is 330 g/mol. The number of nitriles is 2. The van der Waals surface area contributed by atoms with Crippen LogP contribution < -0.4 is 4.74 Å². The van der Waals surface area contributed by atoms with Gasteiger partial charge < -0.3 is 4.74 Å². The first-order chi connectivity index (χ1) is 11.2. The van der Waals surface area contributed by atoms with Gasteiger partial charge in [-0.3, -0.25) is 0 Å². The van der Waals surface area contributed by atoms with Crippen LogP contribution in [0.1, 0.15) is 37.5 Å². The van der Waals surface area contributed by atoms with Crippen molar-refractivity contribution in [3.8, 4) is 23.6 Å². The quantitative estimate of drug-likeness (QED) is 0.733. The van der Waals surface area contributed by atoms with Crippen molar-refractivity contribution >= 4 is 0 Å². The summed E-state index contributed by atoms with van der Waals surface area (Å²) in [4.78, 5) is 0. The van der Waals surface area contributed by atoms with Crippen LogP contribution in [0.2, 0.25) is 0 Å². The van der Waals surface area contributed by atoms with Crippen molar-refractivity contribution in [2.45, 2.75) is 26.2 Å². The van der Waals surface area contributed by atoms with Crippen molar-refractivity contribution in [2.24, 2.45) is 0 Å². The molecule has 24 heavy (non-hydrogen) atoms. The number of hydrogen-bond donors (Lipinski definition) is 0. The van der Waals surface area contributed by atoms with E-state index in [2.05, 4.69) is 0 Å². The molecule has 0 unspecified atom stereocenters. The molecule has 0 amide bonds. The van der Waals surface area contributed by atoms with Gasteiger partial charge in [0.25, 0.3) is 0 Å². The molecule has 0 radical (unpaired) electrons. The third-order valence-electron chi connectivity index (χ3n) is 3.44. The fourth-order valence-electron chi connectivity index (χ4n) is 2.08. The minimum absolute atomic E-state index is 0.0776. The lowest BCUT2D eigenvalue weighted by Crippen LogP contribution is -2.10. The summed E-state index contributed by atoms with van der Waals surface area (Å²) in [6.45, 7) is 5.99. The predicted octanol–water partition coefficient (Wildman–Crippen LogP) is 4.94. The Balaban J connectivity index is 2.50. The molecule has 0 aliphatic rings. The summed E-state index contributed by atoms with van der Waals surface area (Å²) in [5.74, 6) is -5.65. The molecule has 2 aromatic rings. The molecular weight excluding hydrogens is 317 g/mol. The number of rotatable bonds is 2. The second-order valence-corrected chi connectivity index (χ2v) is 6.12. The van der Waals surface area contributed by atoms with Crippen LogP contribution in [0.4, 0.5) is 13.2 Å². The molecule has 0 heterocycles. The van der Waals surface area contributed by atoms with E-state index in [1.54, 1.807) is 12.1 Å². The molecular formula is C18H13F3N2O. The van der Waals surface area contributed by atoms with Gasteiger partial charge in [0.05, 0.1) is 0 Å². The Labute approximate surface area is 137 Å². The summed E-state index contributed by atoms with van der Waals surface area (Å²) in [6, 6.07) is 9.05. The summed E-state index contributed by atoms with van der Waals surface area (Å²) in [5.41, 5.74) is -1.02. The molecule has 0 aromatic heterocycles. The lowest BCUT2D eigenvalue weighted by molar-refractivity contribution is 0.384. The molecule has 0 saturated carbocycles. The van der Waals surface area contributed by atoms with Gasteiger partial charge in [0.2, 0.25) is 11.6 Å². The van der Waals surface area contributed by atoms with Gasteiger partial charge >= 0.3 is 0 Å². The standard InChI is InChI=1S/C18H13F3N2O/c1-18(2,3)10-4-6-11(7-5-10)24-17-15(20)13(9-23)12(8-22)14(19)16(17)21/h4-7H,1-3H3. The predicted molar refractivity (Wildman–Crippen MR) is 81.0 cm³/mol. The molecule has 0 atom stereocenters. The zero-order valence-electron chi connectivity index (χ0n) is 13.2. The van der Waals surface area contributed by atoms with Gasteiger partial charge in [0.15, 0.2) is 11.6 Å². The van der Waals surface area contributed by atoms with Gasteiger partial charge in [-0.05, 0) is 23.1 Å². The smallest absolute Gasteiger partial charge is 0.205 e. The first-order valence-corrected chi connectivity index (χ1v) is 6.99. The normalized spacial score (nSPS) is 10.8. The van der Waals surface area contributed by atoms with Crippen molar-refractivity contribution in [2.75, 3.05) is 0 Å². The van der Waals surface area contributed by atoms with Crippen molar-refractivity contribution in [1.29, 1.82) is 10.5 Å². The van der Waals surface area contributed by atoms with Gasteiger partial charge in [-0.15, -0.1) is 0 Å². The van der Waals surface area contributed by atoms with Gasteiger partial charge in [0, 0.05) is 0 Å². The molecule has 3 nitrogen and oxygen atoms in total. The number of ether oxygens (including phenoxy) is 1. The number of hydrogen-bond acceptors (Lipinski definition) is 3. The molecule has 6 heteroatoms. The zero-order chi connectivity index (χ0) is 18.1. The summed E-state index contributed by atoms with van der Waals surface area (Å²) < 4.78 is 47.1. The van der Waals surface area contributed by atoms with Crippen LogP contribution in [0, 0.1) is 40.1 Å². The van der Waals surface area contributed by atoms with Crippen LogP contribution >= 0.6 is 0 Å². The van der Waals surface area contributed by atoms with E-state index < -0.39 is 34.3 Å². The second-order valence-electron chi connectivity index (χ2n) is 6.12. The van der Waals surface area contributed by atoms with Crippen molar-refractivity contribution in [3.05, 3.63) is 58.4 Å². The highest BCUT2D eigenvalue weighted by Crippen LogP contribution is 2.34. The fraction of sp³-hybridized carbons (Fsp3) is 0.222. The molecule has 0 saturated heterocycles. The second kappa shape index (κ2) is 6.25. The van der Waals surface area contributed by atoms with Crippen LogP contribution in [0.3, 0.4) is 0 Å². The number of nitrogens with zero attached hydrogens (tertiary/aromatic N) is 2. The summed E-state index contributed by atoms with van der Waals surface area (Å²) in [7, 11) is 0. The number of benzene rings is 2. The van der Waals surface area contributed by atoms with Gasteiger partial charge in [0.1, 0.15) is 29.0 Å². The van der Waals surface area contributed by atoms with Gasteiger partial charge in [-0.1, -0.05) is 32.9 Å². The Hall–Kier alpha value is -2.99. The third-order valence-corrected chi connectivity index (χ3v) is 3.44. The van der Waals surface area contributed by atoms with E-state index in [0.29, 0.717) is 0 Å². The Morgan fingerprint density at radius 2 is 1.33 bits per heavy atom. The first kappa shape index (κ1) is 17.4. The Kier molecular flexibility index (Phi) is 4.52. The average Bonchev–Trinajstić information content (AvgIpc) is 2.54. The van der Waals surface area contributed by atoms with Crippen molar-refractivity contribution < 1.29 is 17.9 Å². The molecule has 122 valence electrons. The van der Waals surface area contributed by atoms with Crippen molar-refractivity contribution in [3.63, 3.8) is 0 Å². The summed E-state index contributed by atoms with van der Waals surface area (Å²) >= 11 is 0. The molecule has 0 fully saturated rings. The maximum Gasteiger partial charge on any atom is 0.205 e. The van der Waals surface area contributed by atoms with E-state index in [-0.39, 0.29) is 11.2 Å². The largest absolute Gasteiger partial charge is 0.451 e. The fourth-order valence-corrected chi connectivity index (χ4v) is 2.08. The minimum atomic E-state index is -1.65. The van der Waals surface area contributed by atoms with E-state index in [4.69, 9.17) is 15.3 Å². The Morgan fingerprint density at radius 3 is 1.79 bits per heavy atom. The highest BCUT2D eigenvalue weighted by atomic mass is 19.2.